The Morgan fingerprint density at radius 1 is 1.15 bits per heavy atom. The van der Waals surface area contributed by atoms with E-state index >= 15 is 0 Å². The Hall–Kier alpha value is -0.120. The number of aromatic nitrogens is 1. The van der Waals surface area contributed by atoms with E-state index in [1.54, 1.807) is 6.07 Å². The molecule has 0 bridgehead atoms. The average Bonchev–Trinajstić information content (AvgIpc) is 2.02. The highest BCUT2D eigenvalue weighted by Gasteiger charge is 2.01. The summed E-state index contributed by atoms with van der Waals surface area (Å²) in [7, 11) is 0. The van der Waals surface area contributed by atoms with Crippen molar-refractivity contribution in [1.29, 1.82) is 0 Å². The number of nitrogens with zero attached hydrogens (tertiary/aromatic N) is 1. The number of rotatable bonds is 0. The smallest absolute Gasteiger partial charge is 0.129 e. The molecular formula is C9H4Br2ClN. The van der Waals surface area contributed by atoms with E-state index in [1.807, 2.05) is 18.2 Å². The largest absolute Gasteiger partial charge is 0.236 e. The Bertz CT molecular complexity index is 465. The van der Waals surface area contributed by atoms with Gasteiger partial charge >= 0.3 is 0 Å². The topological polar surface area (TPSA) is 12.9 Å². The first-order valence-electron chi connectivity index (χ1n) is 3.58. The zero-order chi connectivity index (χ0) is 9.42. The summed E-state index contributed by atoms with van der Waals surface area (Å²) in [5, 5.41) is 1.57. The molecule has 0 aliphatic carbocycles. The van der Waals surface area contributed by atoms with Crippen LogP contribution in [-0.4, -0.2) is 4.98 Å². The summed E-state index contributed by atoms with van der Waals surface area (Å²) < 4.78 is 2.00. The Morgan fingerprint density at radius 2 is 1.92 bits per heavy atom. The first kappa shape index (κ1) is 9.44. The zero-order valence-electron chi connectivity index (χ0n) is 6.39. The highest BCUT2D eigenvalue weighted by Crippen LogP contribution is 2.28. The molecule has 0 spiro atoms. The van der Waals surface area contributed by atoms with E-state index in [9.17, 15) is 0 Å². The second-order valence-corrected chi connectivity index (χ2v) is 4.75. The van der Waals surface area contributed by atoms with Gasteiger partial charge in [0.2, 0.25) is 0 Å². The molecule has 4 heteroatoms. The maximum atomic E-state index is 5.78. The third kappa shape index (κ3) is 1.87. The molecule has 0 unspecified atom stereocenters. The van der Waals surface area contributed by atoms with Crippen LogP contribution >= 0.6 is 43.5 Å². The number of hydrogen-bond donors (Lipinski definition) is 0. The van der Waals surface area contributed by atoms with Gasteiger partial charge in [-0.25, -0.2) is 4.98 Å². The van der Waals surface area contributed by atoms with E-state index < -0.39 is 0 Å². The predicted octanol–water partition coefficient (Wildman–Crippen LogP) is 4.41. The Morgan fingerprint density at radius 3 is 2.69 bits per heavy atom. The minimum atomic E-state index is 0.512. The quantitative estimate of drug-likeness (QED) is 0.655. The van der Waals surface area contributed by atoms with Crippen LogP contribution in [0.4, 0.5) is 0 Å². The maximum Gasteiger partial charge on any atom is 0.129 e. The van der Waals surface area contributed by atoms with Gasteiger partial charge in [-0.15, -0.1) is 0 Å². The number of benzene rings is 1. The highest BCUT2D eigenvalue weighted by atomic mass is 79.9. The zero-order valence-corrected chi connectivity index (χ0v) is 10.3. The normalized spacial score (nSPS) is 10.7. The van der Waals surface area contributed by atoms with Gasteiger partial charge in [0.05, 0.1) is 5.52 Å². The molecule has 0 fully saturated rings. The van der Waals surface area contributed by atoms with Crippen LogP contribution in [0.3, 0.4) is 0 Å². The second-order valence-electron chi connectivity index (χ2n) is 2.59. The molecule has 0 aliphatic rings. The van der Waals surface area contributed by atoms with Gasteiger partial charge in [-0.1, -0.05) is 43.5 Å². The summed E-state index contributed by atoms with van der Waals surface area (Å²) >= 11 is 12.6. The summed E-state index contributed by atoms with van der Waals surface area (Å²) in [5.41, 5.74) is 0.883. The molecule has 1 nitrogen and oxygen atoms in total. The minimum Gasteiger partial charge on any atom is -0.236 e. The summed E-state index contributed by atoms with van der Waals surface area (Å²) in [6.07, 6.45) is 0. The molecule has 13 heavy (non-hydrogen) atoms. The third-order valence-electron chi connectivity index (χ3n) is 1.69. The van der Waals surface area contributed by atoms with Gasteiger partial charge in [0.1, 0.15) is 5.15 Å². The van der Waals surface area contributed by atoms with Crippen LogP contribution in [0.2, 0.25) is 5.15 Å². The lowest BCUT2D eigenvalue weighted by molar-refractivity contribution is 1.40. The molecule has 0 radical (unpaired) electrons. The number of pyridine rings is 1. The monoisotopic (exact) mass is 319 g/mol. The maximum absolute atomic E-state index is 5.78. The van der Waals surface area contributed by atoms with Gasteiger partial charge in [0, 0.05) is 14.3 Å². The van der Waals surface area contributed by atoms with E-state index in [-0.39, 0.29) is 0 Å². The van der Waals surface area contributed by atoms with Crippen LogP contribution in [0.5, 0.6) is 0 Å². The molecule has 2 rings (SSSR count). The van der Waals surface area contributed by atoms with E-state index in [1.165, 1.54) is 0 Å². The van der Waals surface area contributed by atoms with Gasteiger partial charge in [-0.2, -0.15) is 0 Å². The predicted molar refractivity (Wildman–Crippen MR) is 62.2 cm³/mol. The summed E-state index contributed by atoms with van der Waals surface area (Å²) in [6, 6.07) is 7.65. The Labute approximate surface area is 97.4 Å². The number of halogens is 3. The lowest BCUT2D eigenvalue weighted by Crippen LogP contribution is -1.80. The van der Waals surface area contributed by atoms with Gasteiger partial charge in [-0.05, 0) is 24.3 Å². The molecule has 0 N–H and O–H groups in total. The molecule has 0 amide bonds. The second kappa shape index (κ2) is 3.56. The fourth-order valence-corrected chi connectivity index (χ4v) is 2.62. The first-order valence-corrected chi connectivity index (χ1v) is 5.54. The molecule has 1 heterocycles. The third-order valence-corrected chi connectivity index (χ3v) is 3.01. The van der Waals surface area contributed by atoms with Crippen molar-refractivity contribution in [3.05, 3.63) is 38.4 Å². The van der Waals surface area contributed by atoms with Crippen molar-refractivity contribution in [2.75, 3.05) is 0 Å². The Kier molecular flexibility index (Phi) is 2.58. The summed E-state index contributed by atoms with van der Waals surface area (Å²) in [6.45, 7) is 0. The molecule has 0 saturated carbocycles. The average molecular weight is 321 g/mol. The van der Waals surface area contributed by atoms with Gasteiger partial charge in [-0.3, -0.25) is 0 Å². The van der Waals surface area contributed by atoms with Crippen molar-refractivity contribution in [1.82, 2.24) is 4.98 Å². The van der Waals surface area contributed by atoms with E-state index in [0.717, 1.165) is 19.8 Å². The SMILES string of the molecule is Clc1ccc2c(Br)cc(Br)cc2n1. The number of hydrogen-bond acceptors (Lipinski definition) is 1. The molecular weight excluding hydrogens is 317 g/mol. The van der Waals surface area contributed by atoms with Crippen molar-refractivity contribution in [2.24, 2.45) is 0 Å². The van der Waals surface area contributed by atoms with Crippen LogP contribution in [0, 0.1) is 0 Å². The first-order chi connectivity index (χ1) is 6.16. The van der Waals surface area contributed by atoms with Crippen LogP contribution in [0.1, 0.15) is 0 Å². The number of fused-ring (bicyclic) bond motifs is 1. The Balaban J connectivity index is 2.86. The van der Waals surface area contributed by atoms with Gasteiger partial charge in [0.15, 0.2) is 0 Å². The van der Waals surface area contributed by atoms with Crippen molar-refractivity contribution in [3.63, 3.8) is 0 Å². The highest BCUT2D eigenvalue weighted by molar-refractivity contribution is 9.11. The molecule has 1 aromatic heterocycles. The van der Waals surface area contributed by atoms with Crippen LogP contribution in [-0.2, 0) is 0 Å². The lowest BCUT2D eigenvalue weighted by Gasteiger charge is -2.01. The molecule has 1 aromatic carbocycles. The van der Waals surface area contributed by atoms with E-state index in [0.29, 0.717) is 5.15 Å². The van der Waals surface area contributed by atoms with Crippen molar-refractivity contribution >= 4 is 54.4 Å². The van der Waals surface area contributed by atoms with Gasteiger partial charge in [0.25, 0.3) is 0 Å². The fraction of sp³-hybridized carbons (Fsp3) is 0. The summed E-state index contributed by atoms with van der Waals surface area (Å²) in [5.74, 6) is 0. The fourth-order valence-electron chi connectivity index (χ4n) is 1.13. The van der Waals surface area contributed by atoms with E-state index in [4.69, 9.17) is 11.6 Å². The standard InChI is InChI=1S/C9H4Br2ClN/c10-5-3-7(11)6-1-2-9(12)13-8(6)4-5/h1-4H. The minimum absolute atomic E-state index is 0.512. The molecule has 0 aliphatic heterocycles. The van der Waals surface area contributed by atoms with Gasteiger partial charge < -0.3 is 0 Å². The molecule has 0 saturated heterocycles. The van der Waals surface area contributed by atoms with Crippen molar-refractivity contribution in [2.45, 2.75) is 0 Å². The summed E-state index contributed by atoms with van der Waals surface area (Å²) in [4.78, 5) is 4.20. The van der Waals surface area contributed by atoms with Crippen LogP contribution < -0.4 is 0 Å². The van der Waals surface area contributed by atoms with E-state index in [2.05, 4.69) is 36.8 Å². The van der Waals surface area contributed by atoms with Crippen LogP contribution in [0.25, 0.3) is 10.9 Å². The van der Waals surface area contributed by atoms with Crippen molar-refractivity contribution in [3.8, 4) is 0 Å². The molecule has 0 atom stereocenters. The molecule has 2 aromatic rings. The lowest BCUT2D eigenvalue weighted by atomic mass is 10.2. The van der Waals surface area contributed by atoms with Crippen LogP contribution in [0.15, 0.2) is 33.2 Å². The molecule has 66 valence electrons. The van der Waals surface area contributed by atoms with Crippen molar-refractivity contribution < 1.29 is 0 Å².